The average Bonchev–Trinajstić information content (AvgIpc) is 2.95. The molecule has 3 rings (SSSR count). The summed E-state index contributed by atoms with van der Waals surface area (Å²) in [4.78, 5) is 26.9. The van der Waals surface area contributed by atoms with Gasteiger partial charge in [-0.1, -0.05) is 0 Å². The van der Waals surface area contributed by atoms with Gasteiger partial charge in [0.15, 0.2) is 11.4 Å². The molecule has 3 heterocycles. The van der Waals surface area contributed by atoms with E-state index in [1.54, 1.807) is 19.1 Å². The van der Waals surface area contributed by atoms with Crippen molar-refractivity contribution in [1.82, 2.24) is 14.6 Å². The fraction of sp³-hybridized carbons (Fsp3) is 0.0833. The maximum absolute atomic E-state index is 11.9. The summed E-state index contributed by atoms with van der Waals surface area (Å²) in [7, 11) is 0. The van der Waals surface area contributed by atoms with E-state index in [0.29, 0.717) is 17.2 Å². The molecule has 3 aromatic heterocycles. The second-order valence-corrected chi connectivity index (χ2v) is 4.06. The summed E-state index contributed by atoms with van der Waals surface area (Å²) >= 11 is 0. The standard InChI is InChI=1S/C12H9N3O4/c1-6-2-3-9(19-6)7-5-11(16)15-10(13-7)4-8(14-15)12(17)18/h2-5,14H,1H3,(H,17,18). The number of aromatic carboxylic acids is 1. The molecule has 0 fully saturated rings. The van der Waals surface area contributed by atoms with Crippen molar-refractivity contribution in [2.24, 2.45) is 0 Å². The minimum atomic E-state index is -1.15. The predicted molar refractivity (Wildman–Crippen MR) is 65.2 cm³/mol. The number of hydrogen-bond donors (Lipinski definition) is 2. The zero-order valence-electron chi connectivity index (χ0n) is 9.88. The van der Waals surface area contributed by atoms with E-state index < -0.39 is 11.5 Å². The number of aromatic amines is 1. The highest BCUT2D eigenvalue weighted by Gasteiger charge is 2.12. The number of aryl methyl sites for hydroxylation is 1. The van der Waals surface area contributed by atoms with Crippen LogP contribution in [0.3, 0.4) is 0 Å². The molecule has 7 nitrogen and oxygen atoms in total. The number of nitrogens with zero attached hydrogens (tertiary/aromatic N) is 2. The Hall–Kier alpha value is -2.83. The van der Waals surface area contributed by atoms with E-state index in [1.807, 2.05) is 0 Å². The lowest BCUT2D eigenvalue weighted by Crippen LogP contribution is -2.14. The van der Waals surface area contributed by atoms with Crippen molar-refractivity contribution < 1.29 is 14.3 Å². The fourth-order valence-electron chi connectivity index (χ4n) is 1.80. The summed E-state index contributed by atoms with van der Waals surface area (Å²) < 4.78 is 6.46. The van der Waals surface area contributed by atoms with Gasteiger partial charge in [-0.15, -0.1) is 0 Å². The molecule has 0 saturated carbocycles. The molecule has 0 aromatic carbocycles. The van der Waals surface area contributed by atoms with Crippen molar-refractivity contribution in [3.63, 3.8) is 0 Å². The van der Waals surface area contributed by atoms with Crippen molar-refractivity contribution >= 4 is 11.6 Å². The Morgan fingerprint density at radius 1 is 1.42 bits per heavy atom. The molecule has 0 radical (unpaired) electrons. The largest absolute Gasteiger partial charge is 0.477 e. The van der Waals surface area contributed by atoms with Gasteiger partial charge in [-0.25, -0.2) is 14.3 Å². The molecule has 2 N–H and O–H groups in total. The molecule has 19 heavy (non-hydrogen) atoms. The summed E-state index contributed by atoms with van der Waals surface area (Å²) in [6.07, 6.45) is 0. The molecular weight excluding hydrogens is 250 g/mol. The quantitative estimate of drug-likeness (QED) is 0.722. The van der Waals surface area contributed by atoms with Crippen LogP contribution in [-0.4, -0.2) is 25.7 Å². The molecule has 0 atom stereocenters. The fourth-order valence-corrected chi connectivity index (χ4v) is 1.80. The molecule has 0 amide bonds. The predicted octanol–water partition coefficient (Wildman–Crippen LogP) is 1.29. The number of furan rings is 1. The van der Waals surface area contributed by atoms with Crippen molar-refractivity contribution in [2.45, 2.75) is 6.92 Å². The number of nitrogens with one attached hydrogen (secondary N) is 1. The Kier molecular flexibility index (Phi) is 2.28. The second kappa shape index (κ2) is 3.84. The number of aromatic nitrogens is 3. The van der Waals surface area contributed by atoms with E-state index in [9.17, 15) is 9.59 Å². The third-order valence-electron chi connectivity index (χ3n) is 2.67. The molecular formula is C12H9N3O4. The van der Waals surface area contributed by atoms with Gasteiger partial charge in [-0.3, -0.25) is 9.89 Å². The van der Waals surface area contributed by atoms with Gasteiger partial charge in [0.1, 0.15) is 17.1 Å². The number of hydrogen-bond acceptors (Lipinski definition) is 4. The molecule has 0 unspecified atom stereocenters. The molecule has 96 valence electrons. The topological polar surface area (TPSA) is 101 Å². The second-order valence-electron chi connectivity index (χ2n) is 4.06. The molecule has 0 bridgehead atoms. The number of carboxylic acid groups (broad SMARTS) is 1. The molecule has 0 spiro atoms. The molecule has 0 saturated heterocycles. The minimum absolute atomic E-state index is 0.0997. The summed E-state index contributed by atoms with van der Waals surface area (Å²) in [5.74, 6) is 0.0211. The Bertz CT molecular complexity index is 840. The van der Waals surface area contributed by atoms with Crippen molar-refractivity contribution in [1.29, 1.82) is 0 Å². The number of carbonyl (C=O) groups is 1. The first kappa shape index (κ1) is 11.3. The highest BCUT2D eigenvalue weighted by atomic mass is 16.4. The Balaban J connectivity index is 2.24. The third-order valence-corrected chi connectivity index (χ3v) is 2.67. The Morgan fingerprint density at radius 3 is 2.84 bits per heavy atom. The van der Waals surface area contributed by atoms with E-state index in [4.69, 9.17) is 9.52 Å². The van der Waals surface area contributed by atoms with Gasteiger partial charge >= 0.3 is 5.97 Å². The van der Waals surface area contributed by atoms with Crippen LogP contribution in [0.5, 0.6) is 0 Å². The van der Waals surface area contributed by atoms with E-state index in [1.165, 1.54) is 12.1 Å². The van der Waals surface area contributed by atoms with Crippen LogP contribution in [0.2, 0.25) is 0 Å². The van der Waals surface area contributed by atoms with E-state index in [2.05, 4.69) is 10.1 Å². The number of H-pyrrole nitrogens is 1. The highest BCUT2D eigenvalue weighted by Crippen LogP contribution is 2.19. The molecule has 7 heteroatoms. The minimum Gasteiger partial charge on any atom is -0.477 e. The van der Waals surface area contributed by atoms with Crippen LogP contribution in [0.15, 0.2) is 33.5 Å². The average molecular weight is 259 g/mol. The lowest BCUT2D eigenvalue weighted by molar-refractivity contribution is 0.0690. The van der Waals surface area contributed by atoms with Crippen LogP contribution < -0.4 is 5.56 Å². The number of rotatable bonds is 2. The van der Waals surface area contributed by atoms with Crippen LogP contribution in [0, 0.1) is 6.92 Å². The number of fused-ring (bicyclic) bond motifs is 1. The van der Waals surface area contributed by atoms with Crippen molar-refractivity contribution in [2.75, 3.05) is 0 Å². The van der Waals surface area contributed by atoms with Gasteiger partial charge in [0.05, 0.1) is 0 Å². The first-order valence-corrected chi connectivity index (χ1v) is 5.47. The Morgan fingerprint density at radius 2 is 2.21 bits per heavy atom. The molecule has 0 aliphatic heterocycles. The maximum atomic E-state index is 11.9. The van der Waals surface area contributed by atoms with E-state index in [0.717, 1.165) is 4.52 Å². The highest BCUT2D eigenvalue weighted by molar-refractivity contribution is 5.86. The third kappa shape index (κ3) is 1.81. The smallest absolute Gasteiger partial charge is 0.353 e. The van der Waals surface area contributed by atoms with Crippen LogP contribution in [0.25, 0.3) is 17.1 Å². The maximum Gasteiger partial charge on any atom is 0.353 e. The molecule has 3 aromatic rings. The van der Waals surface area contributed by atoms with Crippen LogP contribution in [0.4, 0.5) is 0 Å². The van der Waals surface area contributed by atoms with E-state index in [-0.39, 0.29) is 11.3 Å². The van der Waals surface area contributed by atoms with Gasteiger partial charge in [0.2, 0.25) is 0 Å². The van der Waals surface area contributed by atoms with Gasteiger partial charge in [-0.05, 0) is 19.1 Å². The van der Waals surface area contributed by atoms with Gasteiger partial charge < -0.3 is 9.52 Å². The first-order valence-electron chi connectivity index (χ1n) is 5.47. The Labute approximate surface area is 106 Å². The zero-order chi connectivity index (χ0) is 13.6. The summed E-state index contributed by atoms with van der Waals surface area (Å²) in [6.45, 7) is 1.79. The summed E-state index contributed by atoms with van der Waals surface area (Å²) in [5.41, 5.74) is 0.0990. The van der Waals surface area contributed by atoms with Crippen molar-refractivity contribution in [3.8, 4) is 11.5 Å². The van der Waals surface area contributed by atoms with Crippen molar-refractivity contribution in [3.05, 3.63) is 46.1 Å². The summed E-state index contributed by atoms with van der Waals surface area (Å²) in [5, 5.41) is 11.3. The monoisotopic (exact) mass is 259 g/mol. The van der Waals surface area contributed by atoms with Gasteiger partial charge in [0, 0.05) is 12.1 Å². The normalized spacial score (nSPS) is 11.0. The SMILES string of the molecule is Cc1ccc(-c2cc(=O)n3[nH]c(C(=O)O)cc3n2)o1. The van der Waals surface area contributed by atoms with Gasteiger partial charge in [-0.2, -0.15) is 0 Å². The first-order chi connectivity index (χ1) is 9.04. The molecule has 0 aliphatic carbocycles. The van der Waals surface area contributed by atoms with Crippen LogP contribution in [0.1, 0.15) is 16.2 Å². The number of carboxylic acids is 1. The van der Waals surface area contributed by atoms with Crippen LogP contribution >= 0.6 is 0 Å². The molecule has 0 aliphatic rings. The van der Waals surface area contributed by atoms with Crippen LogP contribution in [-0.2, 0) is 0 Å². The van der Waals surface area contributed by atoms with Gasteiger partial charge in [0.25, 0.3) is 5.56 Å². The lowest BCUT2D eigenvalue weighted by atomic mass is 10.3. The summed E-state index contributed by atoms with van der Waals surface area (Å²) in [6, 6.07) is 6.05. The lowest BCUT2D eigenvalue weighted by Gasteiger charge is -1.97. The zero-order valence-corrected chi connectivity index (χ0v) is 9.88. The van der Waals surface area contributed by atoms with E-state index >= 15 is 0 Å².